The van der Waals surface area contributed by atoms with Crippen molar-refractivity contribution in [3.05, 3.63) is 83.7 Å². The Morgan fingerprint density at radius 3 is 2.75 bits per heavy atom. The van der Waals surface area contributed by atoms with Crippen molar-refractivity contribution in [2.24, 2.45) is 0 Å². The molecule has 0 aliphatic carbocycles. The number of amides is 1. The Balaban J connectivity index is 1.79. The number of anilines is 1. The predicted molar refractivity (Wildman–Crippen MR) is 112 cm³/mol. The van der Waals surface area contributed by atoms with Crippen molar-refractivity contribution < 1.29 is 9.53 Å². The molecule has 0 radical (unpaired) electrons. The van der Waals surface area contributed by atoms with Crippen molar-refractivity contribution in [3.8, 4) is 5.75 Å². The van der Waals surface area contributed by atoms with Gasteiger partial charge in [0.25, 0.3) is 5.91 Å². The molecule has 4 aromatic rings. The van der Waals surface area contributed by atoms with Gasteiger partial charge in [-0.25, -0.2) is 4.98 Å². The molecule has 6 heteroatoms. The molecule has 28 heavy (non-hydrogen) atoms. The summed E-state index contributed by atoms with van der Waals surface area (Å²) in [6, 6.07) is 17.2. The predicted octanol–water partition coefficient (Wildman–Crippen LogP) is 4.86. The maximum Gasteiger partial charge on any atom is 0.260 e. The third-order valence-electron chi connectivity index (χ3n) is 4.40. The highest BCUT2D eigenvalue weighted by atomic mass is 32.1. The van der Waals surface area contributed by atoms with Crippen LogP contribution in [0.4, 0.5) is 5.13 Å². The molecule has 0 bridgehead atoms. The molecule has 4 rings (SSSR count). The number of benzene rings is 2. The van der Waals surface area contributed by atoms with Gasteiger partial charge < -0.3 is 4.74 Å². The molecule has 1 amide bonds. The van der Waals surface area contributed by atoms with E-state index >= 15 is 0 Å². The van der Waals surface area contributed by atoms with E-state index in [2.05, 4.69) is 4.98 Å². The number of para-hydroxylation sites is 1. The molecule has 0 N–H and O–H groups in total. The lowest BCUT2D eigenvalue weighted by Crippen LogP contribution is -2.30. The normalized spacial score (nSPS) is 10.8. The van der Waals surface area contributed by atoms with Crippen LogP contribution in [0.3, 0.4) is 0 Å². The molecule has 5 nitrogen and oxygen atoms in total. The number of aryl methyl sites for hydroxylation is 1. The van der Waals surface area contributed by atoms with Crippen molar-refractivity contribution in [2.75, 3.05) is 12.0 Å². The molecule has 0 aliphatic heterocycles. The lowest BCUT2D eigenvalue weighted by molar-refractivity contribution is 0.0985. The van der Waals surface area contributed by atoms with E-state index in [-0.39, 0.29) is 5.91 Å². The van der Waals surface area contributed by atoms with Gasteiger partial charge >= 0.3 is 0 Å². The first-order valence-electron chi connectivity index (χ1n) is 8.86. The summed E-state index contributed by atoms with van der Waals surface area (Å²) in [6.07, 6.45) is 3.49. The summed E-state index contributed by atoms with van der Waals surface area (Å²) < 4.78 is 6.40. The van der Waals surface area contributed by atoms with E-state index < -0.39 is 0 Å². The van der Waals surface area contributed by atoms with E-state index in [1.54, 1.807) is 24.4 Å². The van der Waals surface area contributed by atoms with E-state index in [4.69, 9.17) is 9.72 Å². The zero-order valence-corrected chi connectivity index (χ0v) is 16.4. The molecule has 140 valence electrons. The van der Waals surface area contributed by atoms with Crippen LogP contribution in [0, 0.1) is 6.92 Å². The molecule has 0 unspecified atom stereocenters. The van der Waals surface area contributed by atoms with Gasteiger partial charge in [-0.2, -0.15) is 0 Å². The van der Waals surface area contributed by atoms with Crippen LogP contribution in [0.1, 0.15) is 21.5 Å². The largest absolute Gasteiger partial charge is 0.494 e. The summed E-state index contributed by atoms with van der Waals surface area (Å²) in [5.74, 6) is 0.606. The minimum atomic E-state index is -0.0921. The number of hydrogen-bond acceptors (Lipinski definition) is 5. The molecule has 0 fully saturated rings. The zero-order chi connectivity index (χ0) is 19.5. The average molecular weight is 389 g/mol. The third kappa shape index (κ3) is 3.59. The first-order valence-corrected chi connectivity index (χ1v) is 9.68. The second-order valence-electron chi connectivity index (χ2n) is 6.43. The molecular formula is C22H19N3O2S. The minimum absolute atomic E-state index is 0.0921. The number of pyridine rings is 1. The first kappa shape index (κ1) is 18.1. The topological polar surface area (TPSA) is 55.3 Å². The Bertz CT molecular complexity index is 1130. The maximum atomic E-state index is 13.4. The molecule has 0 aliphatic rings. The van der Waals surface area contributed by atoms with Gasteiger partial charge in [0.05, 0.1) is 18.4 Å². The van der Waals surface area contributed by atoms with E-state index in [9.17, 15) is 4.79 Å². The molecule has 0 atom stereocenters. The van der Waals surface area contributed by atoms with Gasteiger partial charge in [-0.05, 0) is 42.8 Å². The second kappa shape index (κ2) is 7.78. The number of carbonyl (C=O) groups excluding carboxylic acids is 1. The molecule has 2 aromatic carbocycles. The van der Waals surface area contributed by atoms with Crippen LogP contribution in [0.5, 0.6) is 5.75 Å². The highest BCUT2D eigenvalue weighted by Crippen LogP contribution is 2.35. The van der Waals surface area contributed by atoms with Gasteiger partial charge in [0, 0.05) is 18.0 Å². The molecule has 2 heterocycles. The number of nitrogens with zero attached hydrogens (tertiary/aromatic N) is 3. The van der Waals surface area contributed by atoms with Gasteiger partial charge in [-0.3, -0.25) is 14.7 Å². The fraction of sp³-hybridized carbons (Fsp3) is 0.136. The monoisotopic (exact) mass is 389 g/mol. The van der Waals surface area contributed by atoms with E-state index in [0.717, 1.165) is 21.3 Å². The minimum Gasteiger partial charge on any atom is -0.494 e. The number of thiazole rings is 1. The van der Waals surface area contributed by atoms with Crippen LogP contribution in [-0.2, 0) is 6.54 Å². The SMILES string of the molecule is COc1cccc2sc(N(Cc3cccnc3)C(=O)c3cccc(C)c3)nc12. The summed E-state index contributed by atoms with van der Waals surface area (Å²) in [4.78, 5) is 24.0. The Morgan fingerprint density at radius 1 is 1.14 bits per heavy atom. The maximum absolute atomic E-state index is 13.4. The summed E-state index contributed by atoms with van der Waals surface area (Å²) >= 11 is 1.47. The number of rotatable bonds is 5. The number of carbonyl (C=O) groups is 1. The Kier molecular flexibility index (Phi) is 5.04. The van der Waals surface area contributed by atoms with Crippen molar-refractivity contribution in [1.29, 1.82) is 0 Å². The number of hydrogen-bond donors (Lipinski definition) is 0. The Labute approximate surface area is 167 Å². The first-order chi connectivity index (χ1) is 13.7. The van der Waals surface area contributed by atoms with Crippen LogP contribution < -0.4 is 9.64 Å². The van der Waals surface area contributed by atoms with Crippen molar-refractivity contribution in [2.45, 2.75) is 13.5 Å². The van der Waals surface area contributed by atoms with Gasteiger partial charge in [0.15, 0.2) is 5.13 Å². The molecule has 0 saturated heterocycles. The second-order valence-corrected chi connectivity index (χ2v) is 7.43. The number of methoxy groups -OCH3 is 1. The van der Waals surface area contributed by atoms with Gasteiger partial charge in [0.1, 0.15) is 11.3 Å². The van der Waals surface area contributed by atoms with E-state index in [1.165, 1.54) is 11.3 Å². The standard InChI is InChI=1S/C22H19N3O2S/c1-15-6-3-8-17(12-15)21(26)25(14-16-7-5-11-23-13-16)22-24-20-18(27-2)9-4-10-19(20)28-22/h3-13H,14H2,1-2H3. The average Bonchev–Trinajstić information content (AvgIpc) is 3.16. The fourth-order valence-electron chi connectivity index (χ4n) is 3.03. The summed E-state index contributed by atoms with van der Waals surface area (Å²) in [5, 5.41) is 0.634. The van der Waals surface area contributed by atoms with Crippen molar-refractivity contribution in [1.82, 2.24) is 9.97 Å². The highest BCUT2D eigenvalue weighted by molar-refractivity contribution is 7.22. The quantitative estimate of drug-likeness (QED) is 0.489. The van der Waals surface area contributed by atoms with Gasteiger partial charge in [-0.15, -0.1) is 0 Å². The summed E-state index contributed by atoms with van der Waals surface area (Å²) in [5.41, 5.74) is 3.38. The highest BCUT2D eigenvalue weighted by Gasteiger charge is 2.22. The van der Waals surface area contributed by atoms with Crippen LogP contribution in [0.25, 0.3) is 10.2 Å². The van der Waals surface area contributed by atoms with Crippen LogP contribution in [0.2, 0.25) is 0 Å². The van der Waals surface area contributed by atoms with E-state index in [1.807, 2.05) is 61.5 Å². The van der Waals surface area contributed by atoms with Gasteiger partial charge in [0.2, 0.25) is 0 Å². The van der Waals surface area contributed by atoms with Crippen LogP contribution in [-0.4, -0.2) is 23.0 Å². The van der Waals surface area contributed by atoms with E-state index in [0.29, 0.717) is 23.0 Å². The molecule has 0 spiro atoms. The van der Waals surface area contributed by atoms with Crippen molar-refractivity contribution in [3.63, 3.8) is 0 Å². The van der Waals surface area contributed by atoms with Crippen molar-refractivity contribution >= 4 is 32.6 Å². The summed E-state index contributed by atoms with van der Waals surface area (Å²) in [6.45, 7) is 2.37. The zero-order valence-electron chi connectivity index (χ0n) is 15.6. The van der Waals surface area contributed by atoms with Gasteiger partial charge in [-0.1, -0.05) is 41.2 Å². The molecule has 2 aromatic heterocycles. The Morgan fingerprint density at radius 2 is 2.00 bits per heavy atom. The Hall–Kier alpha value is -3.25. The smallest absolute Gasteiger partial charge is 0.260 e. The lowest BCUT2D eigenvalue weighted by Gasteiger charge is -2.20. The third-order valence-corrected chi connectivity index (χ3v) is 5.44. The number of ether oxygens (including phenoxy) is 1. The molecular weight excluding hydrogens is 370 g/mol. The number of aromatic nitrogens is 2. The molecule has 0 saturated carbocycles. The lowest BCUT2D eigenvalue weighted by atomic mass is 10.1. The van der Waals surface area contributed by atoms with Crippen LogP contribution in [0.15, 0.2) is 67.0 Å². The fourth-order valence-corrected chi connectivity index (χ4v) is 4.01. The summed E-state index contributed by atoms with van der Waals surface area (Å²) in [7, 11) is 1.62. The number of fused-ring (bicyclic) bond motifs is 1. The van der Waals surface area contributed by atoms with Crippen LogP contribution >= 0.6 is 11.3 Å².